The third kappa shape index (κ3) is 4.51. The molecule has 0 saturated heterocycles. The molecule has 8 atom stereocenters. The van der Waals surface area contributed by atoms with Crippen molar-refractivity contribution in [1.29, 1.82) is 0 Å². The Morgan fingerprint density at radius 2 is 1.69 bits per heavy atom. The van der Waals surface area contributed by atoms with Crippen LogP contribution in [0.2, 0.25) is 0 Å². The number of aliphatic hydroxyl groups excluding tert-OH is 1. The highest BCUT2D eigenvalue weighted by molar-refractivity contribution is 5.85. The van der Waals surface area contributed by atoms with E-state index in [9.17, 15) is 14.7 Å². The van der Waals surface area contributed by atoms with Crippen LogP contribution >= 0.6 is 0 Å². The summed E-state index contributed by atoms with van der Waals surface area (Å²) < 4.78 is 17.1. The fraction of sp³-hybridized carbons (Fsp3) is 0.879. The van der Waals surface area contributed by atoms with Gasteiger partial charge in [-0.2, -0.15) is 0 Å². The van der Waals surface area contributed by atoms with Crippen LogP contribution in [-0.4, -0.2) is 56.0 Å². The number of rotatable bonds is 9. The molecule has 0 spiro atoms. The predicted octanol–water partition coefficient (Wildman–Crippen LogP) is 6.14. The number of carbonyl (C=O) groups excluding carboxylic acids is 2. The number of hydrogen-bond donors (Lipinski definition) is 1. The first-order valence-corrected chi connectivity index (χ1v) is 15.1. The molecule has 3 fully saturated rings. The van der Waals surface area contributed by atoms with E-state index in [1.54, 1.807) is 33.6 Å². The minimum absolute atomic E-state index is 0.0118. The lowest BCUT2D eigenvalue weighted by Gasteiger charge is -2.63. The van der Waals surface area contributed by atoms with Gasteiger partial charge in [-0.15, -0.1) is 0 Å². The smallest absolute Gasteiger partial charge is 0.164 e. The first-order chi connectivity index (χ1) is 18.0. The summed E-state index contributed by atoms with van der Waals surface area (Å²) in [4.78, 5) is 26.4. The maximum Gasteiger partial charge on any atom is 0.164 e. The molecule has 0 heterocycles. The van der Waals surface area contributed by atoms with Crippen molar-refractivity contribution < 1.29 is 28.9 Å². The van der Waals surface area contributed by atoms with Gasteiger partial charge in [0.1, 0.15) is 11.9 Å². The maximum absolute atomic E-state index is 13.4. The van der Waals surface area contributed by atoms with Gasteiger partial charge in [-0.3, -0.25) is 9.59 Å². The average Bonchev–Trinajstić information content (AvgIpc) is 3.17. The minimum atomic E-state index is -1.22. The second-order valence-electron chi connectivity index (χ2n) is 15.0. The fourth-order valence-electron chi connectivity index (χ4n) is 9.96. The fourth-order valence-corrected chi connectivity index (χ4v) is 9.96. The molecule has 0 aromatic rings. The number of methoxy groups -OCH3 is 3. The van der Waals surface area contributed by atoms with Crippen molar-refractivity contribution in [1.82, 2.24) is 0 Å². The van der Waals surface area contributed by atoms with Gasteiger partial charge >= 0.3 is 0 Å². The summed E-state index contributed by atoms with van der Waals surface area (Å²) in [5, 5.41) is 10.9. The molecule has 4 aliphatic rings. The van der Waals surface area contributed by atoms with Crippen LogP contribution in [0.15, 0.2) is 11.6 Å². The largest absolute Gasteiger partial charge is 0.382 e. The molecule has 6 nitrogen and oxygen atoms in total. The molecule has 39 heavy (non-hydrogen) atoms. The van der Waals surface area contributed by atoms with Gasteiger partial charge in [0, 0.05) is 45.5 Å². The van der Waals surface area contributed by atoms with E-state index in [4.69, 9.17) is 14.2 Å². The van der Waals surface area contributed by atoms with E-state index in [2.05, 4.69) is 40.7 Å². The van der Waals surface area contributed by atoms with Gasteiger partial charge in [0.15, 0.2) is 12.1 Å². The van der Waals surface area contributed by atoms with Crippen LogP contribution in [0, 0.1) is 45.3 Å². The third-order valence-corrected chi connectivity index (χ3v) is 12.9. The van der Waals surface area contributed by atoms with E-state index in [1.807, 2.05) is 0 Å². The SMILES string of the molecule is COC(OC)[C@@H](CC(=O)[C@@H](O)C(C)(C)OC)C1CC[C@]2(C)C3=CC[C@H]4C(C)(C)C(=O)CC[C@]4(C)[C@H]3CC[C@@]12C. The van der Waals surface area contributed by atoms with Crippen molar-refractivity contribution in [3.63, 3.8) is 0 Å². The summed E-state index contributed by atoms with van der Waals surface area (Å²) in [6.07, 6.45) is 7.85. The molecule has 0 aliphatic heterocycles. The first kappa shape index (κ1) is 30.9. The molecule has 0 amide bonds. The monoisotopic (exact) mass is 546 g/mol. The number of hydrogen-bond acceptors (Lipinski definition) is 6. The van der Waals surface area contributed by atoms with Gasteiger partial charge in [-0.1, -0.05) is 46.3 Å². The van der Waals surface area contributed by atoms with Crippen molar-refractivity contribution in [3.8, 4) is 0 Å². The van der Waals surface area contributed by atoms with E-state index in [-0.39, 0.29) is 45.7 Å². The number of ether oxygens (including phenoxy) is 3. The molecule has 222 valence electrons. The van der Waals surface area contributed by atoms with Crippen LogP contribution in [0.5, 0.6) is 0 Å². The Hall–Kier alpha value is -1.08. The highest BCUT2D eigenvalue weighted by Gasteiger charge is 2.66. The summed E-state index contributed by atoms with van der Waals surface area (Å²) in [6, 6.07) is 0. The van der Waals surface area contributed by atoms with Gasteiger partial charge < -0.3 is 19.3 Å². The van der Waals surface area contributed by atoms with E-state index in [1.165, 1.54) is 7.11 Å². The van der Waals surface area contributed by atoms with Crippen molar-refractivity contribution in [2.24, 2.45) is 45.3 Å². The van der Waals surface area contributed by atoms with Gasteiger partial charge in [0.2, 0.25) is 0 Å². The number of carbonyl (C=O) groups is 2. The summed E-state index contributed by atoms with van der Waals surface area (Å²) in [5.74, 6) is 1.12. The van der Waals surface area contributed by atoms with Crippen LogP contribution in [0.4, 0.5) is 0 Å². The maximum atomic E-state index is 13.4. The first-order valence-electron chi connectivity index (χ1n) is 15.1. The van der Waals surface area contributed by atoms with Crippen molar-refractivity contribution in [3.05, 3.63) is 11.6 Å². The Kier molecular flexibility index (Phi) is 8.17. The Bertz CT molecular complexity index is 994. The van der Waals surface area contributed by atoms with Crippen molar-refractivity contribution in [2.45, 2.75) is 118 Å². The molecular formula is C33H54O6. The minimum Gasteiger partial charge on any atom is -0.382 e. The van der Waals surface area contributed by atoms with E-state index in [0.29, 0.717) is 24.0 Å². The normalized spacial score (nSPS) is 39.4. The summed E-state index contributed by atoms with van der Waals surface area (Å²) in [7, 11) is 4.81. The number of allylic oxidation sites excluding steroid dienone is 2. The Labute approximate surface area is 236 Å². The van der Waals surface area contributed by atoms with Crippen LogP contribution < -0.4 is 0 Å². The van der Waals surface area contributed by atoms with Crippen molar-refractivity contribution >= 4 is 11.6 Å². The standard InChI is InChI=1S/C33H54O6/c1-29(2)25-12-11-23-22(31(25,5)16-15-26(29)35)14-18-32(6)21(13-17-33(23,32)7)20(28(37-8)38-9)19-24(34)27(36)30(3,4)39-10/h11,20-22,25,27-28,36H,12-19H2,1-10H3/t20-,21?,22-,25-,27+,31+,32-,33+/m0/s1. The lowest BCUT2D eigenvalue weighted by atomic mass is 9.41. The quantitative estimate of drug-likeness (QED) is 0.276. The Morgan fingerprint density at radius 1 is 1.05 bits per heavy atom. The zero-order valence-corrected chi connectivity index (χ0v) is 26.2. The molecular weight excluding hydrogens is 492 g/mol. The molecule has 1 unspecified atom stereocenters. The van der Waals surface area contributed by atoms with E-state index < -0.39 is 18.0 Å². The topological polar surface area (TPSA) is 82.1 Å². The van der Waals surface area contributed by atoms with Crippen LogP contribution in [0.1, 0.15) is 99.8 Å². The van der Waals surface area contributed by atoms with Crippen LogP contribution in [0.3, 0.4) is 0 Å². The molecule has 0 bridgehead atoms. The molecule has 1 N–H and O–H groups in total. The second kappa shape index (κ2) is 10.3. The zero-order valence-electron chi connectivity index (χ0n) is 26.2. The van der Waals surface area contributed by atoms with E-state index >= 15 is 0 Å². The van der Waals surface area contributed by atoms with Gasteiger partial charge in [-0.25, -0.2) is 0 Å². The summed E-state index contributed by atoms with van der Waals surface area (Å²) >= 11 is 0. The molecule has 4 rings (SSSR count). The predicted molar refractivity (Wildman–Crippen MR) is 152 cm³/mol. The lowest BCUT2D eigenvalue weighted by molar-refractivity contribution is -0.176. The van der Waals surface area contributed by atoms with Gasteiger partial charge in [-0.05, 0) is 86.4 Å². The molecule has 6 heteroatoms. The average molecular weight is 547 g/mol. The number of ketones is 2. The second-order valence-corrected chi connectivity index (χ2v) is 15.0. The Morgan fingerprint density at radius 3 is 2.28 bits per heavy atom. The van der Waals surface area contributed by atoms with Crippen molar-refractivity contribution in [2.75, 3.05) is 21.3 Å². The molecule has 0 aromatic carbocycles. The van der Waals surface area contributed by atoms with Crippen LogP contribution in [0.25, 0.3) is 0 Å². The zero-order chi connectivity index (χ0) is 29.2. The lowest BCUT2D eigenvalue weighted by Crippen LogP contribution is -2.57. The van der Waals surface area contributed by atoms with E-state index in [0.717, 1.165) is 38.5 Å². The number of Topliss-reactive ketones (excluding diaryl/α,β-unsaturated/α-hetero) is 2. The Balaban J connectivity index is 1.69. The number of fused-ring (bicyclic) bond motifs is 5. The summed E-state index contributed by atoms with van der Waals surface area (Å²) in [5.41, 5.74) is 0.480. The van der Waals surface area contributed by atoms with Gasteiger partial charge in [0.25, 0.3) is 0 Å². The summed E-state index contributed by atoms with van der Waals surface area (Å²) in [6.45, 7) is 15.2. The molecule has 0 aromatic heterocycles. The third-order valence-electron chi connectivity index (χ3n) is 12.9. The number of aliphatic hydroxyl groups is 1. The molecule has 0 radical (unpaired) electrons. The highest BCUT2D eigenvalue weighted by atomic mass is 16.7. The highest BCUT2D eigenvalue weighted by Crippen LogP contribution is 2.73. The van der Waals surface area contributed by atoms with Crippen LogP contribution in [-0.2, 0) is 23.8 Å². The molecule has 3 saturated carbocycles. The van der Waals surface area contributed by atoms with Gasteiger partial charge in [0.05, 0.1) is 5.60 Å². The molecule has 4 aliphatic carbocycles.